The molecule has 6 fully saturated rings. The van der Waals surface area contributed by atoms with Gasteiger partial charge < -0.3 is 25.3 Å². The summed E-state index contributed by atoms with van der Waals surface area (Å²) in [6.45, 7) is 12.3. The van der Waals surface area contributed by atoms with Crippen LogP contribution in [0.1, 0.15) is 135 Å². The van der Waals surface area contributed by atoms with Gasteiger partial charge in [-0.05, 0) is 189 Å². The molecule has 304 valence electrons. The third-order valence-electron chi connectivity index (χ3n) is 19.8. The van der Waals surface area contributed by atoms with Crippen LogP contribution in [0.25, 0.3) is 0 Å². The van der Waals surface area contributed by atoms with Gasteiger partial charge >= 0.3 is 0 Å². The molecule has 8 aliphatic rings. The van der Waals surface area contributed by atoms with E-state index < -0.39 is 0 Å². The van der Waals surface area contributed by atoms with Gasteiger partial charge in [-0.2, -0.15) is 0 Å². The Morgan fingerprint density at radius 1 is 0.732 bits per heavy atom. The Bertz CT molecular complexity index is 1840. The minimum absolute atomic E-state index is 0.0516. The number of benzene rings is 1. The van der Waals surface area contributed by atoms with E-state index in [1.165, 1.54) is 69.8 Å². The minimum Gasteiger partial charge on any atom is -0.468 e. The van der Waals surface area contributed by atoms with Crippen molar-refractivity contribution in [1.82, 2.24) is 10.6 Å². The van der Waals surface area contributed by atoms with Crippen LogP contribution in [-0.2, 0) is 13.1 Å². The van der Waals surface area contributed by atoms with Gasteiger partial charge in [0.1, 0.15) is 5.76 Å². The van der Waals surface area contributed by atoms with E-state index in [2.05, 4.69) is 80.8 Å². The van der Waals surface area contributed by atoms with Gasteiger partial charge in [0.15, 0.2) is 0 Å². The fraction of sp³-hybridized carbons (Fsp3) is 0.720. The summed E-state index contributed by atoms with van der Waals surface area (Å²) in [5.41, 5.74) is 5.06. The minimum atomic E-state index is -0.285. The third kappa shape index (κ3) is 5.59. The third-order valence-corrected chi connectivity index (χ3v) is 20.0. The Morgan fingerprint density at radius 3 is 2.25 bits per heavy atom. The molecule has 0 aliphatic heterocycles. The summed E-state index contributed by atoms with van der Waals surface area (Å²) in [7, 11) is 0. The molecule has 15 atom stereocenters. The van der Waals surface area contributed by atoms with E-state index in [9.17, 15) is 10.2 Å². The molecule has 5 nitrogen and oxygen atoms in total. The molecule has 0 spiro atoms. The number of halogens is 1. The Kier molecular flexibility index (Phi) is 9.47. The van der Waals surface area contributed by atoms with Crippen LogP contribution >= 0.6 is 11.6 Å². The summed E-state index contributed by atoms with van der Waals surface area (Å²) in [5, 5.41) is 32.0. The molecular weight excluding hydrogens is 712 g/mol. The Morgan fingerprint density at radius 2 is 1.46 bits per heavy atom. The zero-order valence-corrected chi connectivity index (χ0v) is 35.4. The monoisotopic (exact) mass is 780 g/mol. The molecule has 6 saturated carbocycles. The van der Waals surface area contributed by atoms with Gasteiger partial charge in [-0.25, -0.2) is 0 Å². The van der Waals surface area contributed by atoms with E-state index in [1.807, 2.05) is 6.07 Å². The lowest BCUT2D eigenvalue weighted by Crippen LogP contribution is -2.69. The molecule has 56 heavy (non-hydrogen) atoms. The van der Waals surface area contributed by atoms with E-state index in [0.29, 0.717) is 47.0 Å². The van der Waals surface area contributed by atoms with Crippen LogP contribution in [0.3, 0.4) is 0 Å². The predicted molar refractivity (Wildman–Crippen MR) is 225 cm³/mol. The van der Waals surface area contributed by atoms with Crippen molar-refractivity contribution in [3.8, 4) is 0 Å². The molecule has 6 heteroatoms. The van der Waals surface area contributed by atoms with Crippen LogP contribution in [0, 0.1) is 63.1 Å². The second kappa shape index (κ2) is 13.8. The lowest BCUT2D eigenvalue weighted by atomic mass is 9.40. The van der Waals surface area contributed by atoms with Crippen molar-refractivity contribution in [3.05, 3.63) is 82.3 Å². The van der Waals surface area contributed by atoms with Crippen LogP contribution in [-0.4, -0.2) is 34.0 Å². The standard InChI is InChI=1S/C50H69ClN2O3/c1-46-21-17-35(54)26-32(46)9-13-38-41(46)19-23-48(3)42(38)20-24-50(48,53-29-31-7-11-34(51)12-8-31)44-28-36(55)27-33-10-14-39-40-15-16-45(52-30-37-6-5-25-56-37)47(40,2)22-18-43(39)49(33,44)4/h5-12,25,35-36,38-45,52-55H,13-24,26-30H2,1-4H3/t35?,36?,38-,39+,40+,41-,42+,43-,44?,45?,46+,47+,48+,49+,50?/m1/s1. The summed E-state index contributed by atoms with van der Waals surface area (Å²) in [4.78, 5) is 0. The topological polar surface area (TPSA) is 77.7 Å². The first kappa shape index (κ1) is 38.3. The van der Waals surface area contributed by atoms with Crippen LogP contribution < -0.4 is 10.6 Å². The van der Waals surface area contributed by atoms with Gasteiger partial charge in [-0.1, -0.05) is 74.7 Å². The second-order valence-corrected chi connectivity index (χ2v) is 21.9. The number of hydrogen-bond acceptors (Lipinski definition) is 5. The zero-order chi connectivity index (χ0) is 38.7. The number of allylic oxidation sites excluding steroid dienone is 2. The highest BCUT2D eigenvalue weighted by Gasteiger charge is 2.71. The van der Waals surface area contributed by atoms with Crippen LogP contribution in [0.4, 0.5) is 0 Å². The Balaban J connectivity index is 1.01. The van der Waals surface area contributed by atoms with E-state index >= 15 is 0 Å². The number of aliphatic hydroxyl groups excluding tert-OH is 2. The van der Waals surface area contributed by atoms with Gasteiger partial charge in [-0.15, -0.1) is 0 Å². The normalized spacial score (nSPS) is 48.1. The number of rotatable bonds is 7. The van der Waals surface area contributed by atoms with Gasteiger partial charge in [0, 0.05) is 23.1 Å². The molecule has 1 heterocycles. The first-order valence-corrected chi connectivity index (χ1v) is 23.3. The maximum Gasteiger partial charge on any atom is 0.117 e. The summed E-state index contributed by atoms with van der Waals surface area (Å²) in [6.07, 6.45) is 23.8. The molecule has 0 amide bonds. The van der Waals surface area contributed by atoms with E-state index in [0.717, 1.165) is 61.9 Å². The quantitative estimate of drug-likeness (QED) is 0.211. The van der Waals surface area contributed by atoms with E-state index in [4.69, 9.17) is 16.0 Å². The molecule has 2 aromatic rings. The largest absolute Gasteiger partial charge is 0.468 e. The van der Waals surface area contributed by atoms with Crippen molar-refractivity contribution in [2.45, 2.75) is 161 Å². The fourth-order valence-electron chi connectivity index (χ4n) is 17.0. The second-order valence-electron chi connectivity index (χ2n) is 21.5. The van der Waals surface area contributed by atoms with Crippen molar-refractivity contribution < 1.29 is 14.6 Å². The SMILES string of the molecule is C[C@]12CCC(O)CC1=CC[C@@H]1[C@H]2CC[C@@]2(C)[C@H]1CCC2(NCc1ccc(Cl)cc1)C1CC(O)CC2=CC[C@@H]3[C@@H](CC[C@]4(C)C(NCc5ccco5)CC[C@@H]34)[C@]21C. The Labute approximate surface area is 341 Å². The molecule has 8 aliphatic carbocycles. The molecule has 5 unspecified atom stereocenters. The summed E-state index contributed by atoms with van der Waals surface area (Å²) < 4.78 is 5.75. The molecule has 1 aromatic heterocycles. The maximum absolute atomic E-state index is 12.0. The highest BCUT2D eigenvalue weighted by Crippen LogP contribution is 2.74. The van der Waals surface area contributed by atoms with Crippen molar-refractivity contribution >= 4 is 11.6 Å². The first-order valence-electron chi connectivity index (χ1n) is 22.9. The summed E-state index contributed by atoms with van der Waals surface area (Å²) in [6, 6.07) is 13.2. The van der Waals surface area contributed by atoms with E-state index in [-0.39, 0.29) is 34.0 Å². The number of fused-ring (bicyclic) bond motifs is 10. The van der Waals surface area contributed by atoms with Gasteiger partial charge in [-0.3, -0.25) is 0 Å². The zero-order valence-electron chi connectivity index (χ0n) is 34.7. The highest BCUT2D eigenvalue weighted by atomic mass is 35.5. The summed E-state index contributed by atoms with van der Waals surface area (Å²) >= 11 is 6.43. The molecule has 0 radical (unpaired) electrons. The first-order chi connectivity index (χ1) is 26.9. The summed E-state index contributed by atoms with van der Waals surface area (Å²) in [5.74, 6) is 5.50. The molecule has 4 N–H and O–H groups in total. The van der Waals surface area contributed by atoms with Crippen LogP contribution in [0.5, 0.6) is 0 Å². The maximum atomic E-state index is 12.0. The van der Waals surface area contributed by atoms with Crippen LogP contribution in [0.15, 0.2) is 70.4 Å². The van der Waals surface area contributed by atoms with Crippen molar-refractivity contribution in [1.29, 1.82) is 0 Å². The van der Waals surface area contributed by atoms with Gasteiger partial charge in [0.05, 0.1) is 25.0 Å². The van der Waals surface area contributed by atoms with Crippen molar-refractivity contribution in [2.75, 3.05) is 0 Å². The molecular formula is C50H69ClN2O3. The highest BCUT2D eigenvalue weighted by molar-refractivity contribution is 6.30. The van der Waals surface area contributed by atoms with Gasteiger partial charge in [0.2, 0.25) is 0 Å². The average Bonchev–Trinajstić information content (AvgIpc) is 3.90. The smallest absolute Gasteiger partial charge is 0.117 e. The lowest BCUT2D eigenvalue weighted by molar-refractivity contribution is -0.135. The predicted octanol–water partition coefficient (Wildman–Crippen LogP) is 10.8. The molecule has 1 aromatic carbocycles. The van der Waals surface area contributed by atoms with E-state index in [1.54, 1.807) is 17.4 Å². The number of furan rings is 1. The van der Waals surface area contributed by atoms with Crippen LogP contribution in [0.2, 0.25) is 5.02 Å². The fourth-order valence-corrected chi connectivity index (χ4v) is 17.1. The number of hydrogen-bond donors (Lipinski definition) is 4. The molecule has 0 saturated heterocycles. The number of aliphatic hydroxyl groups is 2. The molecule has 0 bridgehead atoms. The number of nitrogens with one attached hydrogen (secondary N) is 2. The molecule has 10 rings (SSSR count). The average molecular weight is 782 g/mol. The lowest BCUT2D eigenvalue weighted by Gasteiger charge is -2.67. The van der Waals surface area contributed by atoms with Gasteiger partial charge in [0.25, 0.3) is 0 Å². The Hall–Kier alpha value is -1.89. The van der Waals surface area contributed by atoms with Crippen molar-refractivity contribution in [3.63, 3.8) is 0 Å². The van der Waals surface area contributed by atoms with Crippen molar-refractivity contribution in [2.24, 2.45) is 63.1 Å².